The third-order valence-corrected chi connectivity index (χ3v) is 3.98. The maximum atomic E-state index is 12.4. The molecule has 1 fully saturated rings. The molecule has 2 unspecified atom stereocenters. The fraction of sp³-hybridized carbons (Fsp3) is 0.533. The van der Waals surface area contributed by atoms with Gasteiger partial charge in [-0.05, 0) is 37.0 Å². The van der Waals surface area contributed by atoms with Crippen LogP contribution in [0.5, 0.6) is 0 Å². The number of rotatable bonds is 3. The lowest BCUT2D eigenvalue weighted by Gasteiger charge is -2.29. The summed E-state index contributed by atoms with van der Waals surface area (Å²) in [5.74, 6) is 0.294. The molecule has 1 aliphatic rings. The molecule has 19 heavy (non-hydrogen) atoms. The summed E-state index contributed by atoms with van der Waals surface area (Å²) < 4.78 is 0. The van der Waals surface area contributed by atoms with E-state index in [2.05, 4.69) is 0 Å². The van der Waals surface area contributed by atoms with Gasteiger partial charge < -0.3 is 10.6 Å². The second kappa shape index (κ2) is 6.40. The zero-order valence-corrected chi connectivity index (χ0v) is 12.1. The second-order valence-corrected chi connectivity index (χ2v) is 5.88. The van der Waals surface area contributed by atoms with Crippen LogP contribution >= 0.6 is 11.6 Å². The fourth-order valence-electron chi connectivity index (χ4n) is 2.75. The van der Waals surface area contributed by atoms with Crippen LogP contribution in [0.15, 0.2) is 24.3 Å². The third-order valence-electron chi connectivity index (χ3n) is 3.75. The molecule has 2 rings (SSSR count). The first kappa shape index (κ1) is 14.4. The molecule has 1 saturated carbocycles. The molecule has 1 aromatic carbocycles. The molecule has 1 aromatic rings. The van der Waals surface area contributed by atoms with Crippen molar-refractivity contribution >= 4 is 17.5 Å². The van der Waals surface area contributed by atoms with E-state index >= 15 is 0 Å². The molecular weight excluding hydrogens is 260 g/mol. The third kappa shape index (κ3) is 3.95. The van der Waals surface area contributed by atoms with Crippen LogP contribution in [0.25, 0.3) is 0 Å². The van der Waals surface area contributed by atoms with Crippen LogP contribution < -0.4 is 5.73 Å². The van der Waals surface area contributed by atoms with Gasteiger partial charge in [0.25, 0.3) is 0 Å². The summed E-state index contributed by atoms with van der Waals surface area (Å²) in [6.45, 7) is 0.602. The summed E-state index contributed by atoms with van der Waals surface area (Å²) in [6.07, 6.45) is 3.88. The van der Waals surface area contributed by atoms with Crippen molar-refractivity contribution in [3.63, 3.8) is 0 Å². The van der Waals surface area contributed by atoms with Crippen LogP contribution in [0.4, 0.5) is 0 Å². The molecule has 0 aromatic heterocycles. The second-order valence-electron chi connectivity index (χ2n) is 5.45. The van der Waals surface area contributed by atoms with E-state index in [9.17, 15) is 4.79 Å². The van der Waals surface area contributed by atoms with Gasteiger partial charge in [0.05, 0.1) is 0 Å². The molecule has 0 radical (unpaired) electrons. The zero-order valence-electron chi connectivity index (χ0n) is 11.3. The Morgan fingerprint density at radius 1 is 1.47 bits per heavy atom. The van der Waals surface area contributed by atoms with E-state index in [0.717, 1.165) is 31.2 Å². The van der Waals surface area contributed by atoms with Crippen molar-refractivity contribution in [1.29, 1.82) is 0 Å². The van der Waals surface area contributed by atoms with Crippen LogP contribution in [-0.2, 0) is 11.3 Å². The highest BCUT2D eigenvalue weighted by atomic mass is 35.5. The van der Waals surface area contributed by atoms with Gasteiger partial charge in [0.2, 0.25) is 5.91 Å². The number of hydrogen-bond donors (Lipinski definition) is 1. The quantitative estimate of drug-likeness (QED) is 0.925. The van der Waals surface area contributed by atoms with Crippen molar-refractivity contribution < 1.29 is 4.79 Å². The SMILES string of the molecule is CN(Cc1cccc(Cl)c1)C(=O)C1CCCC(N)C1. The topological polar surface area (TPSA) is 46.3 Å². The molecule has 0 aliphatic heterocycles. The Hall–Kier alpha value is -1.06. The number of carbonyl (C=O) groups is 1. The van der Waals surface area contributed by atoms with E-state index < -0.39 is 0 Å². The van der Waals surface area contributed by atoms with Crippen molar-refractivity contribution in [3.8, 4) is 0 Å². The minimum Gasteiger partial charge on any atom is -0.341 e. The van der Waals surface area contributed by atoms with Gasteiger partial charge >= 0.3 is 0 Å². The van der Waals surface area contributed by atoms with Gasteiger partial charge in [0.15, 0.2) is 0 Å². The molecule has 2 N–H and O–H groups in total. The normalized spacial score (nSPS) is 23.1. The summed E-state index contributed by atoms with van der Waals surface area (Å²) in [6, 6.07) is 7.82. The van der Waals surface area contributed by atoms with Gasteiger partial charge in [-0.25, -0.2) is 0 Å². The van der Waals surface area contributed by atoms with E-state index in [1.807, 2.05) is 31.3 Å². The maximum absolute atomic E-state index is 12.4. The lowest BCUT2D eigenvalue weighted by molar-refractivity contribution is -0.135. The summed E-state index contributed by atoms with van der Waals surface area (Å²) in [5, 5.41) is 0.707. The molecule has 2 atom stereocenters. The predicted octanol–water partition coefficient (Wildman–Crippen LogP) is 2.82. The average molecular weight is 281 g/mol. The highest BCUT2D eigenvalue weighted by molar-refractivity contribution is 6.30. The van der Waals surface area contributed by atoms with Crippen molar-refractivity contribution in [2.24, 2.45) is 11.7 Å². The van der Waals surface area contributed by atoms with Crippen molar-refractivity contribution in [1.82, 2.24) is 4.90 Å². The van der Waals surface area contributed by atoms with E-state index in [-0.39, 0.29) is 17.9 Å². The molecule has 0 saturated heterocycles. The van der Waals surface area contributed by atoms with Gasteiger partial charge in [-0.2, -0.15) is 0 Å². The summed E-state index contributed by atoms with van der Waals surface area (Å²) >= 11 is 5.96. The first-order chi connectivity index (χ1) is 9.06. The van der Waals surface area contributed by atoms with E-state index in [1.54, 1.807) is 4.90 Å². The highest BCUT2D eigenvalue weighted by Gasteiger charge is 2.27. The number of carbonyl (C=O) groups excluding carboxylic acids is 1. The summed E-state index contributed by atoms with van der Waals surface area (Å²) in [7, 11) is 1.85. The number of nitrogens with zero attached hydrogens (tertiary/aromatic N) is 1. The maximum Gasteiger partial charge on any atom is 0.225 e. The standard InChI is InChI=1S/C15H21ClN2O/c1-18(10-11-4-2-6-13(16)8-11)15(19)12-5-3-7-14(17)9-12/h2,4,6,8,12,14H,3,5,7,9-10,17H2,1H3. The Morgan fingerprint density at radius 2 is 2.26 bits per heavy atom. The average Bonchev–Trinajstić information content (AvgIpc) is 2.38. The first-order valence-electron chi connectivity index (χ1n) is 6.81. The molecule has 1 aliphatic carbocycles. The van der Waals surface area contributed by atoms with E-state index in [1.165, 1.54) is 0 Å². The number of hydrogen-bond acceptors (Lipinski definition) is 2. The smallest absolute Gasteiger partial charge is 0.225 e. The summed E-state index contributed by atoms with van der Waals surface area (Å²) in [4.78, 5) is 14.2. The minimum atomic E-state index is 0.0907. The van der Waals surface area contributed by atoms with Crippen LogP contribution in [0.3, 0.4) is 0 Å². The lowest BCUT2D eigenvalue weighted by atomic mass is 9.85. The number of nitrogens with two attached hydrogens (primary N) is 1. The van der Waals surface area contributed by atoms with Crippen LogP contribution in [0.1, 0.15) is 31.2 Å². The molecule has 104 valence electrons. The lowest BCUT2D eigenvalue weighted by Crippen LogP contribution is -2.38. The highest BCUT2D eigenvalue weighted by Crippen LogP contribution is 2.25. The fourth-order valence-corrected chi connectivity index (χ4v) is 2.96. The van der Waals surface area contributed by atoms with Gasteiger partial charge in [0, 0.05) is 30.6 Å². The van der Waals surface area contributed by atoms with E-state index in [4.69, 9.17) is 17.3 Å². The van der Waals surface area contributed by atoms with Crippen LogP contribution in [0.2, 0.25) is 5.02 Å². The van der Waals surface area contributed by atoms with Gasteiger partial charge in [-0.3, -0.25) is 4.79 Å². The minimum absolute atomic E-state index is 0.0907. The van der Waals surface area contributed by atoms with Gasteiger partial charge in [-0.1, -0.05) is 30.2 Å². The van der Waals surface area contributed by atoms with Gasteiger partial charge in [-0.15, -0.1) is 0 Å². The number of benzene rings is 1. The molecule has 4 heteroatoms. The Morgan fingerprint density at radius 3 is 2.95 bits per heavy atom. The monoisotopic (exact) mass is 280 g/mol. The molecule has 1 amide bonds. The first-order valence-corrected chi connectivity index (χ1v) is 7.19. The molecular formula is C15H21ClN2O. The Labute approximate surface area is 119 Å². The van der Waals surface area contributed by atoms with Crippen LogP contribution in [-0.4, -0.2) is 23.9 Å². The zero-order chi connectivity index (χ0) is 13.8. The predicted molar refractivity (Wildman–Crippen MR) is 77.9 cm³/mol. The Bertz CT molecular complexity index is 450. The van der Waals surface area contributed by atoms with Gasteiger partial charge in [0.1, 0.15) is 0 Å². The van der Waals surface area contributed by atoms with Crippen molar-refractivity contribution in [3.05, 3.63) is 34.9 Å². The molecule has 0 spiro atoms. The molecule has 3 nitrogen and oxygen atoms in total. The van der Waals surface area contributed by atoms with Crippen LogP contribution in [0, 0.1) is 5.92 Å². The number of amides is 1. The number of halogens is 1. The summed E-state index contributed by atoms with van der Waals surface area (Å²) in [5.41, 5.74) is 7.01. The Balaban J connectivity index is 1.95. The largest absolute Gasteiger partial charge is 0.341 e. The van der Waals surface area contributed by atoms with Crippen molar-refractivity contribution in [2.75, 3.05) is 7.05 Å². The molecule has 0 heterocycles. The van der Waals surface area contributed by atoms with Crippen molar-refractivity contribution in [2.45, 2.75) is 38.3 Å². The van der Waals surface area contributed by atoms with E-state index in [0.29, 0.717) is 11.6 Å². The molecule has 0 bridgehead atoms. The Kier molecular flexibility index (Phi) is 4.83.